The second-order valence-corrected chi connectivity index (χ2v) is 6.75. The van der Waals surface area contributed by atoms with E-state index < -0.39 is 15.4 Å². The molecule has 0 bridgehead atoms. The van der Waals surface area contributed by atoms with Gasteiger partial charge in [0, 0.05) is 0 Å². The van der Waals surface area contributed by atoms with E-state index in [0.29, 0.717) is 18.5 Å². The van der Waals surface area contributed by atoms with Gasteiger partial charge in [0.05, 0.1) is 5.25 Å². The fraction of sp³-hybridized carbons (Fsp3) is 1.00. The maximum atomic E-state index is 10.8. The highest BCUT2D eigenvalue weighted by Crippen LogP contribution is 2.37. The third-order valence-corrected chi connectivity index (χ3v) is 5.35. The minimum absolute atomic E-state index is 0.484. The SMILES string of the molecule is CCC[P]C1CCC(S(=O)(=O)O)C1. The molecule has 0 aromatic rings. The van der Waals surface area contributed by atoms with Crippen molar-refractivity contribution >= 4 is 18.7 Å². The topological polar surface area (TPSA) is 54.4 Å². The molecule has 0 spiro atoms. The zero-order chi connectivity index (χ0) is 9.90. The van der Waals surface area contributed by atoms with Gasteiger partial charge in [-0.1, -0.05) is 21.9 Å². The van der Waals surface area contributed by atoms with Crippen molar-refractivity contribution in [2.45, 2.75) is 43.5 Å². The van der Waals surface area contributed by atoms with Gasteiger partial charge in [-0.25, -0.2) is 0 Å². The summed E-state index contributed by atoms with van der Waals surface area (Å²) in [5.41, 5.74) is 0.492. The quantitative estimate of drug-likeness (QED) is 0.587. The lowest BCUT2D eigenvalue weighted by atomic mass is 10.4. The lowest BCUT2D eigenvalue weighted by Crippen LogP contribution is -2.16. The summed E-state index contributed by atoms with van der Waals surface area (Å²) in [6, 6.07) is 0. The van der Waals surface area contributed by atoms with Crippen LogP contribution in [0.5, 0.6) is 0 Å². The van der Waals surface area contributed by atoms with E-state index in [2.05, 4.69) is 6.92 Å². The van der Waals surface area contributed by atoms with Gasteiger partial charge in [-0.05, 0) is 31.1 Å². The van der Waals surface area contributed by atoms with Gasteiger partial charge < -0.3 is 0 Å². The lowest BCUT2D eigenvalue weighted by molar-refractivity contribution is 0.467. The Hall–Kier alpha value is 0.340. The van der Waals surface area contributed by atoms with Gasteiger partial charge in [-0.15, -0.1) is 0 Å². The highest BCUT2D eigenvalue weighted by atomic mass is 32.2. The molecule has 1 rings (SSSR count). The zero-order valence-electron chi connectivity index (χ0n) is 7.81. The molecule has 2 atom stereocenters. The van der Waals surface area contributed by atoms with E-state index >= 15 is 0 Å². The molecule has 0 aromatic heterocycles. The second kappa shape index (κ2) is 4.72. The van der Waals surface area contributed by atoms with Crippen molar-refractivity contribution in [1.82, 2.24) is 0 Å². The summed E-state index contributed by atoms with van der Waals surface area (Å²) < 4.78 is 30.4. The smallest absolute Gasteiger partial charge is 0.267 e. The van der Waals surface area contributed by atoms with Crippen LogP contribution in [-0.4, -0.2) is 30.0 Å². The van der Waals surface area contributed by atoms with E-state index in [-0.39, 0.29) is 0 Å². The third kappa shape index (κ3) is 3.53. The van der Waals surface area contributed by atoms with Gasteiger partial charge in [0.2, 0.25) is 0 Å². The Morgan fingerprint density at radius 2 is 2.15 bits per heavy atom. The molecule has 1 aliphatic rings. The van der Waals surface area contributed by atoms with Crippen molar-refractivity contribution in [2.24, 2.45) is 0 Å². The van der Waals surface area contributed by atoms with E-state index in [1.54, 1.807) is 0 Å². The van der Waals surface area contributed by atoms with Crippen LogP contribution in [0.1, 0.15) is 32.6 Å². The van der Waals surface area contributed by atoms with Crippen LogP contribution in [0, 0.1) is 0 Å². The molecule has 0 heterocycles. The van der Waals surface area contributed by atoms with Crippen molar-refractivity contribution in [1.29, 1.82) is 0 Å². The molecule has 5 heteroatoms. The minimum atomic E-state index is -3.76. The van der Waals surface area contributed by atoms with Gasteiger partial charge in [-0.3, -0.25) is 4.55 Å². The molecule has 13 heavy (non-hydrogen) atoms. The normalized spacial score (nSPS) is 30.3. The van der Waals surface area contributed by atoms with Crippen LogP contribution >= 0.6 is 8.58 Å². The predicted octanol–water partition coefficient (Wildman–Crippen LogP) is 2.15. The molecule has 0 aliphatic heterocycles. The largest absolute Gasteiger partial charge is 0.285 e. The summed E-state index contributed by atoms with van der Waals surface area (Å²) in [5, 5.41) is -0.484. The molecule has 1 radical (unpaired) electrons. The average molecular weight is 223 g/mol. The second-order valence-electron chi connectivity index (χ2n) is 3.51. The van der Waals surface area contributed by atoms with Crippen molar-refractivity contribution in [3.8, 4) is 0 Å². The molecule has 1 aliphatic carbocycles. The van der Waals surface area contributed by atoms with E-state index in [0.717, 1.165) is 19.0 Å². The molecule has 1 fully saturated rings. The number of rotatable bonds is 4. The van der Waals surface area contributed by atoms with Crippen LogP contribution in [0.2, 0.25) is 0 Å². The van der Waals surface area contributed by atoms with E-state index in [9.17, 15) is 8.42 Å². The van der Waals surface area contributed by atoms with Crippen LogP contribution in [0.15, 0.2) is 0 Å². The van der Waals surface area contributed by atoms with Gasteiger partial charge in [0.1, 0.15) is 0 Å². The van der Waals surface area contributed by atoms with E-state index in [4.69, 9.17) is 4.55 Å². The highest BCUT2D eigenvalue weighted by Gasteiger charge is 2.32. The first kappa shape index (κ1) is 11.4. The fourth-order valence-corrected chi connectivity index (χ4v) is 4.08. The average Bonchev–Trinajstić information content (AvgIpc) is 2.47. The number of hydrogen-bond acceptors (Lipinski definition) is 2. The van der Waals surface area contributed by atoms with Gasteiger partial charge in [-0.2, -0.15) is 8.42 Å². The Balaban J connectivity index is 2.37. The molecule has 3 nitrogen and oxygen atoms in total. The molecular weight excluding hydrogens is 207 g/mol. The number of hydrogen-bond donors (Lipinski definition) is 1. The Labute approximate surface area is 81.8 Å². The molecule has 2 unspecified atom stereocenters. The fourth-order valence-electron chi connectivity index (χ4n) is 1.67. The summed E-state index contributed by atoms with van der Waals surface area (Å²) >= 11 is 0. The van der Waals surface area contributed by atoms with Crippen molar-refractivity contribution < 1.29 is 13.0 Å². The molecule has 77 valence electrons. The third-order valence-electron chi connectivity index (χ3n) is 2.39. The van der Waals surface area contributed by atoms with E-state index in [1.165, 1.54) is 8.58 Å². The van der Waals surface area contributed by atoms with Gasteiger partial charge in [0.15, 0.2) is 0 Å². The van der Waals surface area contributed by atoms with Gasteiger partial charge in [0.25, 0.3) is 10.1 Å². The maximum Gasteiger partial charge on any atom is 0.267 e. The molecule has 0 saturated heterocycles. The Kier molecular flexibility index (Phi) is 4.14. The molecule has 0 aromatic carbocycles. The molecule has 0 amide bonds. The maximum absolute atomic E-state index is 10.8. The predicted molar refractivity (Wildman–Crippen MR) is 55.1 cm³/mol. The highest BCUT2D eigenvalue weighted by molar-refractivity contribution is 7.86. The lowest BCUT2D eigenvalue weighted by Gasteiger charge is -2.07. The first-order valence-electron chi connectivity index (χ1n) is 4.67. The van der Waals surface area contributed by atoms with Crippen LogP contribution in [0.4, 0.5) is 0 Å². The van der Waals surface area contributed by atoms with Crippen LogP contribution < -0.4 is 0 Å². The van der Waals surface area contributed by atoms with Crippen molar-refractivity contribution in [3.05, 3.63) is 0 Å². The van der Waals surface area contributed by atoms with E-state index in [1.807, 2.05) is 0 Å². The van der Waals surface area contributed by atoms with Gasteiger partial charge >= 0.3 is 0 Å². The Morgan fingerprint density at radius 1 is 1.46 bits per heavy atom. The zero-order valence-corrected chi connectivity index (χ0v) is 9.52. The first-order valence-corrected chi connectivity index (χ1v) is 7.32. The summed E-state index contributed by atoms with van der Waals surface area (Å²) in [4.78, 5) is 0. The van der Waals surface area contributed by atoms with Crippen molar-refractivity contribution in [2.75, 3.05) is 6.16 Å². The van der Waals surface area contributed by atoms with Crippen molar-refractivity contribution in [3.63, 3.8) is 0 Å². The Morgan fingerprint density at radius 3 is 2.62 bits per heavy atom. The minimum Gasteiger partial charge on any atom is -0.285 e. The summed E-state index contributed by atoms with van der Waals surface area (Å²) in [6.45, 7) is 2.13. The monoisotopic (exact) mass is 223 g/mol. The summed E-state index contributed by atoms with van der Waals surface area (Å²) in [6.07, 6.45) is 4.53. The first-order chi connectivity index (χ1) is 6.04. The summed E-state index contributed by atoms with van der Waals surface area (Å²) in [7, 11) is -2.41. The standard InChI is InChI=1S/C8H16O3PS/c1-2-5-12-7-3-4-8(6-7)13(9,10)11/h7-8H,2-6H2,1H3,(H,9,10,11). The van der Waals surface area contributed by atoms with Crippen LogP contribution in [0.3, 0.4) is 0 Å². The molecule has 1 saturated carbocycles. The molecule has 1 N–H and O–H groups in total. The summed E-state index contributed by atoms with van der Waals surface area (Å²) in [5.74, 6) is 0. The molecular formula is C8H16O3PS. The van der Waals surface area contributed by atoms with Crippen LogP contribution in [-0.2, 0) is 10.1 Å². The van der Waals surface area contributed by atoms with Crippen LogP contribution in [0.25, 0.3) is 0 Å². The Bertz CT molecular complexity index is 250.